The van der Waals surface area contributed by atoms with E-state index in [1.165, 1.54) is 0 Å². The summed E-state index contributed by atoms with van der Waals surface area (Å²) in [6, 6.07) is 9.69. The summed E-state index contributed by atoms with van der Waals surface area (Å²) in [4.78, 5) is 4.37. The standard InChI is InChI=1S/C14H13ClN4/c1-9-13-12(19-18-9)5-6-16-14(13)17-8-10-3-2-4-11(15)7-10/h2-7H,8H2,1H3,(H,16,17)(H,18,19). The van der Waals surface area contributed by atoms with E-state index in [1.807, 2.05) is 37.3 Å². The fraction of sp³-hybridized carbons (Fsp3) is 0.143. The van der Waals surface area contributed by atoms with Crippen molar-refractivity contribution in [3.05, 3.63) is 52.8 Å². The lowest BCUT2D eigenvalue weighted by molar-refractivity contribution is 1.07. The molecule has 0 aliphatic carbocycles. The Labute approximate surface area is 115 Å². The number of anilines is 1. The summed E-state index contributed by atoms with van der Waals surface area (Å²) in [7, 11) is 0. The molecule has 0 saturated heterocycles. The van der Waals surface area contributed by atoms with E-state index in [0.717, 1.165) is 33.0 Å². The molecule has 0 radical (unpaired) electrons. The molecule has 3 rings (SSSR count). The summed E-state index contributed by atoms with van der Waals surface area (Å²) < 4.78 is 0. The second-order valence-electron chi connectivity index (χ2n) is 4.37. The molecule has 0 unspecified atom stereocenters. The molecule has 2 heterocycles. The van der Waals surface area contributed by atoms with Crippen LogP contribution in [0.25, 0.3) is 10.9 Å². The summed E-state index contributed by atoms with van der Waals surface area (Å²) in [5, 5.41) is 12.3. The maximum Gasteiger partial charge on any atom is 0.137 e. The van der Waals surface area contributed by atoms with Gasteiger partial charge >= 0.3 is 0 Å². The second-order valence-corrected chi connectivity index (χ2v) is 4.81. The van der Waals surface area contributed by atoms with Crippen LogP contribution in [0.3, 0.4) is 0 Å². The lowest BCUT2D eigenvalue weighted by Crippen LogP contribution is -2.01. The van der Waals surface area contributed by atoms with E-state index in [2.05, 4.69) is 20.5 Å². The number of H-pyrrole nitrogens is 1. The highest BCUT2D eigenvalue weighted by Gasteiger charge is 2.07. The molecular weight excluding hydrogens is 260 g/mol. The van der Waals surface area contributed by atoms with Crippen LogP contribution in [0, 0.1) is 6.92 Å². The van der Waals surface area contributed by atoms with E-state index in [4.69, 9.17) is 11.6 Å². The molecule has 0 saturated carbocycles. The number of nitrogens with zero attached hydrogens (tertiary/aromatic N) is 2. The first kappa shape index (κ1) is 12.0. The zero-order chi connectivity index (χ0) is 13.2. The number of hydrogen-bond acceptors (Lipinski definition) is 3. The van der Waals surface area contributed by atoms with Crippen molar-refractivity contribution in [2.75, 3.05) is 5.32 Å². The number of nitrogens with one attached hydrogen (secondary N) is 2. The Kier molecular flexibility index (Phi) is 3.09. The Morgan fingerprint density at radius 3 is 3.05 bits per heavy atom. The summed E-state index contributed by atoms with van der Waals surface area (Å²) in [5.41, 5.74) is 3.05. The molecule has 2 N–H and O–H groups in total. The van der Waals surface area contributed by atoms with E-state index in [9.17, 15) is 0 Å². The van der Waals surface area contributed by atoms with Crippen molar-refractivity contribution in [3.63, 3.8) is 0 Å². The third-order valence-corrected chi connectivity index (χ3v) is 3.24. The lowest BCUT2D eigenvalue weighted by atomic mass is 10.2. The molecular formula is C14H13ClN4. The van der Waals surface area contributed by atoms with Crippen molar-refractivity contribution in [3.8, 4) is 0 Å². The van der Waals surface area contributed by atoms with Crippen molar-refractivity contribution in [1.82, 2.24) is 15.2 Å². The summed E-state index contributed by atoms with van der Waals surface area (Å²) >= 11 is 5.97. The van der Waals surface area contributed by atoms with Crippen molar-refractivity contribution in [1.29, 1.82) is 0 Å². The van der Waals surface area contributed by atoms with Gasteiger partial charge in [0, 0.05) is 17.8 Å². The molecule has 1 aromatic carbocycles. The number of halogens is 1. The van der Waals surface area contributed by atoms with E-state index in [0.29, 0.717) is 6.54 Å². The highest BCUT2D eigenvalue weighted by molar-refractivity contribution is 6.30. The average Bonchev–Trinajstić information content (AvgIpc) is 2.79. The van der Waals surface area contributed by atoms with Gasteiger partial charge in [0.1, 0.15) is 5.82 Å². The molecule has 96 valence electrons. The number of hydrogen-bond donors (Lipinski definition) is 2. The Hall–Kier alpha value is -2.07. The molecule has 0 aliphatic heterocycles. The quantitative estimate of drug-likeness (QED) is 0.767. The van der Waals surface area contributed by atoms with Crippen LogP contribution in [0.15, 0.2) is 36.5 Å². The predicted octanol–water partition coefficient (Wildman–Crippen LogP) is 3.53. The number of aromatic amines is 1. The first-order valence-corrected chi connectivity index (χ1v) is 6.40. The zero-order valence-corrected chi connectivity index (χ0v) is 11.2. The van der Waals surface area contributed by atoms with Crippen LogP contribution in [0.5, 0.6) is 0 Å². The van der Waals surface area contributed by atoms with Crippen LogP contribution in [0.2, 0.25) is 5.02 Å². The third kappa shape index (κ3) is 2.39. The largest absolute Gasteiger partial charge is 0.365 e. The normalized spacial score (nSPS) is 10.8. The minimum Gasteiger partial charge on any atom is -0.365 e. The van der Waals surface area contributed by atoms with Crippen molar-refractivity contribution in [2.24, 2.45) is 0 Å². The maximum atomic E-state index is 5.97. The molecule has 4 nitrogen and oxygen atoms in total. The van der Waals surface area contributed by atoms with Crippen molar-refractivity contribution in [2.45, 2.75) is 13.5 Å². The van der Waals surface area contributed by atoms with Gasteiger partial charge in [0.15, 0.2) is 0 Å². The van der Waals surface area contributed by atoms with Crippen LogP contribution >= 0.6 is 11.6 Å². The topological polar surface area (TPSA) is 53.6 Å². The van der Waals surface area contributed by atoms with Gasteiger partial charge in [-0.1, -0.05) is 23.7 Å². The van der Waals surface area contributed by atoms with E-state index in [-0.39, 0.29) is 0 Å². The van der Waals surface area contributed by atoms with Crippen LogP contribution in [0.1, 0.15) is 11.3 Å². The predicted molar refractivity (Wildman–Crippen MR) is 77.4 cm³/mol. The molecule has 0 amide bonds. The summed E-state index contributed by atoms with van der Waals surface area (Å²) in [5.74, 6) is 0.837. The molecule has 0 atom stereocenters. The van der Waals surface area contributed by atoms with Gasteiger partial charge in [-0.2, -0.15) is 5.10 Å². The minimum absolute atomic E-state index is 0.678. The fourth-order valence-corrected chi connectivity index (χ4v) is 2.30. The summed E-state index contributed by atoms with van der Waals surface area (Å²) in [6.07, 6.45) is 1.76. The molecule has 3 aromatic rings. The number of aromatic nitrogens is 3. The zero-order valence-electron chi connectivity index (χ0n) is 10.4. The first-order chi connectivity index (χ1) is 9.24. The molecule has 19 heavy (non-hydrogen) atoms. The number of fused-ring (bicyclic) bond motifs is 1. The van der Waals surface area contributed by atoms with E-state index in [1.54, 1.807) is 6.20 Å². The maximum absolute atomic E-state index is 5.97. The Morgan fingerprint density at radius 2 is 2.21 bits per heavy atom. The van der Waals surface area contributed by atoms with Gasteiger partial charge in [0.05, 0.1) is 16.6 Å². The molecule has 0 aliphatic rings. The van der Waals surface area contributed by atoms with Gasteiger partial charge in [-0.05, 0) is 30.7 Å². The molecule has 5 heteroatoms. The van der Waals surface area contributed by atoms with Crippen LogP contribution in [0.4, 0.5) is 5.82 Å². The van der Waals surface area contributed by atoms with Gasteiger partial charge in [-0.15, -0.1) is 0 Å². The number of aryl methyl sites for hydroxylation is 1. The van der Waals surface area contributed by atoms with E-state index >= 15 is 0 Å². The van der Waals surface area contributed by atoms with Crippen molar-refractivity contribution >= 4 is 28.3 Å². The number of rotatable bonds is 3. The van der Waals surface area contributed by atoms with Gasteiger partial charge in [0.25, 0.3) is 0 Å². The SMILES string of the molecule is Cc1n[nH]c2ccnc(NCc3cccc(Cl)c3)c12. The van der Waals surface area contributed by atoms with E-state index < -0.39 is 0 Å². The monoisotopic (exact) mass is 272 g/mol. The molecule has 2 aromatic heterocycles. The first-order valence-electron chi connectivity index (χ1n) is 6.02. The number of pyridine rings is 1. The minimum atomic E-state index is 0.678. The third-order valence-electron chi connectivity index (χ3n) is 3.01. The fourth-order valence-electron chi connectivity index (χ4n) is 2.09. The second kappa shape index (κ2) is 4.90. The number of benzene rings is 1. The van der Waals surface area contributed by atoms with Crippen molar-refractivity contribution < 1.29 is 0 Å². The van der Waals surface area contributed by atoms with Crippen LogP contribution < -0.4 is 5.32 Å². The highest BCUT2D eigenvalue weighted by atomic mass is 35.5. The van der Waals surface area contributed by atoms with Gasteiger partial charge in [-0.3, -0.25) is 5.10 Å². The van der Waals surface area contributed by atoms with Gasteiger partial charge in [-0.25, -0.2) is 4.98 Å². The molecule has 0 spiro atoms. The Bertz CT molecular complexity index is 720. The van der Waals surface area contributed by atoms with Gasteiger partial charge < -0.3 is 5.32 Å². The molecule has 0 fully saturated rings. The van der Waals surface area contributed by atoms with Gasteiger partial charge in [0.2, 0.25) is 0 Å². The smallest absolute Gasteiger partial charge is 0.137 e. The van der Waals surface area contributed by atoms with Crippen LogP contribution in [-0.2, 0) is 6.54 Å². The lowest BCUT2D eigenvalue weighted by Gasteiger charge is -2.07. The highest BCUT2D eigenvalue weighted by Crippen LogP contribution is 2.22. The summed E-state index contributed by atoms with van der Waals surface area (Å²) in [6.45, 7) is 2.64. The average molecular weight is 273 g/mol. The Balaban J connectivity index is 1.88. The van der Waals surface area contributed by atoms with Crippen LogP contribution in [-0.4, -0.2) is 15.2 Å². The molecule has 0 bridgehead atoms. The Morgan fingerprint density at radius 1 is 1.32 bits per heavy atom.